The maximum absolute atomic E-state index is 10.2. The maximum atomic E-state index is 10.2. The van der Waals surface area contributed by atoms with Crippen LogP contribution in [0.4, 0.5) is 0 Å². The molecule has 18 heavy (non-hydrogen) atoms. The van der Waals surface area contributed by atoms with Gasteiger partial charge in [-0.05, 0) is 26.2 Å². The normalized spacial score (nSPS) is 14.9. The molecule has 0 aliphatic carbocycles. The van der Waals surface area contributed by atoms with E-state index in [1.807, 2.05) is 6.92 Å². The van der Waals surface area contributed by atoms with Gasteiger partial charge >= 0.3 is 8.80 Å². The first kappa shape index (κ1) is 17.5. The Labute approximate surface area is 111 Å². The van der Waals surface area contributed by atoms with Gasteiger partial charge in [-0.3, -0.25) is 0 Å². The Morgan fingerprint density at radius 2 is 1.67 bits per heavy atom. The van der Waals surface area contributed by atoms with E-state index >= 15 is 0 Å². The molecule has 0 aliphatic rings. The van der Waals surface area contributed by atoms with Crippen molar-refractivity contribution in [2.24, 2.45) is 4.99 Å². The SMILES string of the molecule is CCCC(CCC(C)N=C=O)[Si](OC)(OC)OC. The summed E-state index contributed by atoms with van der Waals surface area (Å²) >= 11 is 0. The summed E-state index contributed by atoms with van der Waals surface area (Å²) in [5, 5.41) is 0. The van der Waals surface area contributed by atoms with Gasteiger partial charge in [0.2, 0.25) is 6.08 Å². The second kappa shape index (κ2) is 9.41. The van der Waals surface area contributed by atoms with Gasteiger partial charge < -0.3 is 13.3 Å². The van der Waals surface area contributed by atoms with Crippen molar-refractivity contribution < 1.29 is 18.1 Å². The molecule has 0 heterocycles. The number of rotatable bonds is 10. The molecule has 6 heteroatoms. The number of carbonyl (C=O) groups excluding carboxylic acids is 1. The van der Waals surface area contributed by atoms with Crippen LogP contribution in [-0.4, -0.2) is 42.3 Å². The predicted molar refractivity (Wildman–Crippen MR) is 72.3 cm³/mol. The second-order valence-corrected chi connectivity index (χ2v) is 7.60. The Balaban J connectivity index is 4.66. The first-order valence-electron chi connectivity index (χ1n) is 6.32. The van der Waals surface area contributed by atoms with Crippen molar-refractivity contribution in [2.75, 3.05) is 21.3 Å². The van der Waals surface area contributed by atoms with Gasteiger partial charge in [0, 0.05) is 26.9 Å². The minimum absolute atomic E-state index is 0.0147. The highest BCUT2D eigenvalue weighted by Crippen LogP contribution is 2.33. The Bertz CT molecular complexity index is 257. The quantitative estimate of drug-likeness (QED) is 0.349. The fraction of sp³-hybridized carbons (Fsp3) is 0.917. The summed E-state index contributed by atoms with van der Waals surface area (Å²) in [6.07, 6.45) is 5.31. The van der Waals surface area contributed by atoms with Crippen molar-refractivity contribution in [3.05, 3.63) is 0 Å². The molecule has 0 saturated heterocycles. The van der Waals surface area contributed by atoms with Gasteiger partial charge in [0.15, 0.2) is 0 Å². The van der Waals surface area contributed by atoms with Crippen LogP contribution in [0.3, 0.4) is 0 Å². The minimum Gasteiger partial charge on any atom is -0.377 e. The van der Waals surface area contributed by atoms with Crippen molar-refractivity contribution >= 4 is 14.9 Å². The second-order valence-electron chi connectivity index (χ2n) is 4.35. The molecule has 106 valence electrons. The average molecular weight is 275 g/mol. The number of hydrogen-bond donors (Lipinski definition) is 0. The standard InChI is InChI=1S/C12H25NO4Si/c1-6-7-12(9-8-11(2)13-10-14)18(15-3,16-4)17-5/h11-12H,6-9H2,1-5H3. The van der Waals surface area contributed by atoms with E-state index in [1.165, 1.54) is 0 Å². The summed E-state index contributed by atoms with van der Waals surface area (Å²) in [5.74, 6) is 0. The smallest absolute Gasteiger partial charge is 0.377 e. The zero-order chi connectivity index (χ0) is 14.0. The summed E-state index contributed by atoms with van der Waals surface area (Å²) in [5.41, 5.74) is 0.242. The summed E-state index contributed by atoms with van der Waals surface area (Å²) < 4.78 is 16.6. The van der Waals surface area contributed by atoms with Gasteiger partial charge in [-0.1, -0.05) is 13.3 Å². The highest BCUT2D eigenvalue weighted by atomic mass is 28.4. The zero-order valence-electron chi connectivity index (χ0n) is 12.1. The largest absolute Gasteiger partial charge is 0.503 e. The first-order valence-corrected chi connectivity index (χ1v) is 8.12. The van der Waals surface area contributed by atoms with Crippen molar-refractivity contribution in [3.63, 3.8) is 0 Å². The number of nitrogens with zero attached hydrogens (tertiary/aromatic N) is 1. The highest BCUT2D eigenvalue weighted by molar-refractivity contribution is 6.62. The summed E-state index contributed by atoms with van der Waals surface area (Å²) in [6, 6.07) is -0.0147. The molecular weight excluding hydrogens is 250 g/mol. The Kier molecular flexibility index (Phi) is 9.14. The van der Waals surface area contributed by atoms with E-state index in [2.05, 4.69) is 11.9 Å². The fourth-order valence-electron chi connectivity index (χ4n) is 2.19. The Morgan fingerprint density at radius 3 is 2.06 bits per heavy atom. The minimum atomic E-state index is -2.60. The monoisotopic (exact) mass is 275 g/mol. The van der Waals surface area contributed by atoms with E-state index < -0.39 is 8.80 Å². The molecule has 0 N–H and O–H groups in total. The van der Waals surface area contributed by atoms with E-state index in [-0.39, 0.29) is 11.6 Å². The van der Waals surface area contributed by atoms with Crippen molar-refractivity contribution in [1.29, 1.82) is 0 Å². The maximum Gasteiger partial charge on any atom is 0.503 e. The van der Waals surface area contributed by atoms with Crippen molar-refractivity contribution in [3.8, 4) is 0 Å². The molecule has 2 atom stereocenters. The van der Waals surface area contributed by atoms with Crippen LogP contribution in [0.1, 0.15) is 39.5 Å². The Hall–Kier alpha value is -0.523. The van der Waals surface area contributed by atoms with Crippen LogP contribution in [0.15, 0.2) is 4.99 Å². The number of aliphatic imine (C=N–C) groups is 1. The van der Waals surface area contributed by atoms with E-state index in [4.69, 9.17) is 13.3 Å². The van der Waals surface area contributed by atoms with Gasteiger partial charge in [0.05, 0.1) is 6.04 Å². The Morgan fingerprint density at radius 1 is 1.11 bits per heavy atom. The summed E-state index contributed by atoms with van der Waals surface area (Å²) in [6.45, 7) is 4.03. The van der Waals surface area contributed by atoms with Gasteiger partial charge in [-0.15, -0.1) is 0 Å². The number of hydrogen-bond acceptors (Lipinski definition) is 5. The fourth-order valence-corrected chi connectivity index (χ4v) is 4.86. The third-order valence-corrected chi connectivity index (χ3v) is 6.48. The van der Waals surface area contributed by atoms with Crippen LogP contribution < -0.4 is 0 Å². The molecule has 0 radical (unpaired) electrons. The van der Waals surface area contributed by atoms with Crippen LogP contribution in [0.5, 0.6) is 0 Å². The van der Waals surface area contributed by atoms with Gasteiger partial charge in [0.1, 0.15) is 0 Å². The molecule has 5 nitrogen and oxygen atoms in total. The average Bonchev–Trinajstić information content (AvgIpc) is 2.38. The molecule has 0 fully saturated rings. The lowest BCUT2D eigenvalue weighted by Crippen LogP contribution is -2.47. The summed E-state index contributed by atoms with van der Waals surface area (Å²) in [7, 11) is 2.30. The lowest BCUT2D eigenvalue weighted by molar-refractivity contribution is 0.107. The van der Waals surface area contributed by atoms with Gasteiger partial charge in [-0.2, -0.15) is 0 Å². The topological polar surface area (TPSA) is 57.1 Å². The lowest BCUT2D eigenvalue weighted by atomic mass is 10.1. The third-order valence-electron chi connectivity index (χ3n) is 3.20. The van der Waals surface area contributed by atoms with E-state index in [9.17, 15) is 4.79 Å². The molecule has 0 saturated carbocycles. The molecule has 0 amide bonds. The van der Waals surface area contributed by atoms with Gasteiger partial charge in [0.25, 0.3) is 0 Å². The predicted octanol–water partition coefficient (Wildman–Crippen LogP) is 2.54. The third kappa shape index (κ3) is 5.00. The van der Waals surface area contributed by atoms with E-state index in [0.29, 0.717) is 0 Å². The summed E-state index contributed by atoms with van der Waals surface area (Å²) in [4.78, 5) is 13.9. The van der Waals surface area contributed by atoms with E-state index in [0.717, 1.165) is 25.7 Å². The van der Waals surface area contributed by atoms with Crippen LogP contribution in [-0.2, 0) is 18.1 Å². The number of isocyanates is 1. The van der Waals surface area contributed by atoms with Crippen molar-refractivity contribution in [1.82, 2.24) is 0 Å². The van der Waals surface area contributed by atoms with Crippen LogP contribution in [0.2, 0.25) is 5.54 Å². The molecule has 0 spiro atoms. The molecular formula is C12H25NO4Si. The molecule has 2 unspecified atom stereocenters. The molecule has 0 bridgehead atoms. The van der Waals surface area contributed by atoms with Crippen LogP contribution in [0, 0.1) is 0 Å². The highest BCUT2D eigenvalue weighted by Gasteiger charge is 2.46. The molecule has 0 aromatic carbocycles. The molecule has 0 rings (SSSR count). The lowest BCUT2D eigenvalue weighted by Gasteiger charge is -2.32. The van der Waals surface area contributed by atoms with Crippen LogP contribution >= 0.6 is 0 Å². The van der Waals surface area contributed by atoms with Crippen LogP contribution in [0.25, 0.3) is 0 Å². The van der Waals surface area contributed by atoms with E-state index in [1.54, 1.807) is 27.4 Å². The van der Waals surface area contributed by atoms with Gasteiger partial charge in [-0.25, -0.2) is 9.79 Å². The first-order chi connectivity index (χ1) is 8.60. The van der Waals surface area contributed by atoms with Crippen molar-refractivity contribution in [2.45, 2.75) is 51.1 Å². The molecule has 0 aromatic heterocycles. The molecule has 0 aliphatic heterocycles. The molecule has 0 aromatic rings. The zero-order valence-corrected chi connectivity index (χ0v) is 13.1.